The van der Waals surface area contributed by atoms with E-state index in [4.69, 9.17) is 35.5 Å². The average Bonchev–Trinajstić information content (AvgIpc) is 2.90. The molecule has 0 atom stereocenters. The number of aromatic carboxylic acids is 1. The smallest absolute Gasteiger partial charge is 0.338 e. The number of fused-ring (bicyclic) bond motifs is 1. The summed E-state index contributed by atoms with van der Waals surface area (Å²) in [4.78, 5) is 18.4. The van der Waals surface area contributed by atoms with Crippen molar-refractivity contribution in [3.63, 3.8) is 0 Å². The van der Waals surface area contributed by atoms with Gasteiger partial charge in [-0.1, -0.05) is 17.7 Å². The van der Waals surface area contributed by atoms with Gasteiger partial charge in [0.25, 0.3) is 0 Å². The van der Waals surface area contributed by atoms with Crippen LogP contribution in [0, 0.1) is 0 Å². The predicted molar refractivity (Wildman–Crippen MR) is 141 cm³/mol. The van der Waals surface area contributed by atoms with E-state index in [0.29, 0.717) is 61.5 Å². The van der Waals surface area contributed by atoms with Crippen molar-refractivity contribution in [3.8, 4) is 34.1 Å². The number of halogens is 1. The first-order valence-electron chi connectivity index (χ1n) is 10.8. The molecule has 0 saturated carbocycles. The van der Waals surface area contributed by atoms with Crippen LogP contribution in [0.2, 0.25) is 5.02 Å². The number of nitrogens with zero attached hydrogens (tertiary/aromatic N) is 1. The van der Waals surface area contributed by atoms with E-state index in [9.17, 15) is 9.90 Å². The number of carboxylic acids is 1. The van der Waals surface area contributed by atoms with E-state index < -0.39 is 5.97 Å². The highest BCUT2D eigenvalue weighted by atomic mass is 35.5. The van der Waals surface area contributed by atoms with Crippen molar-refractivity contribution in [2.24, 2.45) is 0 Å². The van der Waals surface area contributed by atoms with E-state index >= 15 is 0 Å². The molecule has 3 aromatic carbocycles. The quantitative estimate of drug-likeness (QED) is 0.245. The van der Waals surface area contributed by atoms with E-state index in [1.165, 1.54) is 26.0 Å². The number of hydrogen-bond acceptors (Lipinski definition) is 7. The fraction of sp³-hybridized carbons (Fsp3) is 0.185. The molecule has 186 valence electrons. The van der Waals surface area contributed by atoms with Crippen LogP contribution in [0.25, 0.3) is 22.0 Å². The molecule has 0 amide bonds. The Hall–Kier alpha value is -3.62. The Morgan fingerprint density at radius 2 is 1.47 bits per heavy atom. The Labute approximate surface area is 217 Å². The van der Waals surface area contributed by atoms with Crippen molar-refractivity contribution in [1.82, 2.24) is 4.98 Å². The van der Waals surface area contributed by atoms with Gasteiger partial charge in [-0.25, -0.2) is 4.79 Å². The van der Waals surface area contributed by atoms with Crippen molar-refractivity contribution >= 4 is 40.2 Å². The zero-order chi connectivity index (χ0) is 25.8. The molecule has 0 spiro atoms. The molecule has 9 heteroatoms. The van der Waals surface area contributed by atoms with Crippen molar-refractivity contribution in [2.45, 2.75) is 10.6 Å². The van der Waals surface area contributed by atoms with Crippen LogP contribution in [0.5, 0.6) is 23.0 Å². The molecule has 1 aromatic heterocycles. The highest BCUT2D eigenvalue weighted by Crippen LogP contribution is 2.42. The average molecular weight is 526 g/mol. The normalized spacial score (nSPS) is 10.8. The van der Waals surface area contributed by atoms with Crippen LogP contribution in [0.3, 0.4) is 0 Å². The summed E-state index contributed by atoms with van der Waals surface area (Å²) in [5, 5.41) is 11.6. The number of carboxylic acid groups (broad SMARTS) is 1. The van der Waals surface area contributed by atoms with Gasteiger partial charge in [-0.05, 0) is 48.0 Å². The molecule has 1 N–H and O–H groups in total. The summed E-state index contributed by atoms with van der Waals surface area (Å²) in [5.74, 6) is 1.22. The third kappa shape index (κ3) is 5.01. The third-order valence-corrected chi connectivity index (χ3v) is 6.92. The zero-order valence-corrected chi connectivity index (χ0v) is 21.7. The number of ether oxygens (including phenoxy) is 4. The first kappa shape index (κ1) is 25.5. The Morgan fingerprint density at radius 1 is 0.861 bits per heavy atom. The molecule has 4 rings (SSSR count). The maximum absolute atomic E-state index is 12.7. The van der Waals surface area contributed by atoms with Gasteiger partial charge in [0.2, 0.25) is 0 Å². The topological polar surface area (TPSA) is 87.1 Å². The van der Waals surface area contributed by atoms with Gasteiger partial charge in [0.1, 0.15) is 0 Å². The minimum absolute atomic E-state index is 0.100. The van der Waals surface area contributed by atoms with Gasteiger partial charge in [0.05, 0.1) is 45.2 Å². The summed E-state index contributed by atoms with van der Waals surface area (Å²) in [6.45, 7) is 0. The molecule has 0 radical (unpaired) electrons. The molecule has 36 heavy (non-hydrogen) atoms. The Morgan fingerprint density at radius 3 is 2.08 bits per heavy atom. The molecule has 0 saturated heterocycles. The number of aromatic nitrogens is 1. The maximum Gasteiger partial charge on any atom is 0.338 e. The van der Waals surface area contributed by atoms with Crippen LogP contribution in [-0.2, 0) is 5.75 Å². The number of thioether (sulfide) groups is 1. The maximum atomic E-state index is 12.7. The highest BCUT2D eigenvalue weighted by Gasteiger charge is 2.24. The molecule has 4 aromatic rings. The minimum atomic E-state index is -1.09. The van der Waals surface area contributed by atoms with Crippen LogP contribution in [0.4, 0.5) is 0 Å². The second kappa shape index (κ2) is 11.0. The van der Waals surface area contributed by atoms with Gasteiger partial charge in [-0.2, -0.15) is 0 Å². The lowest BCUT2D eigenvalue weighted by molar-refractivity contribution is 0.0696. The minimum Gasteiger partial charge on any atom is -0.493 e. The van der Waals surface area contributed by atoms with Crippen molar-refractivity contribution < 1.29 is 28.8 Å². The largest absolute Gasteiger partial charge is 0.493 e. The van der Waals surface area contributed by atoms with Gasteiger partial charge in [0.15, 0.2) is 23.0 Å². The summed E-state index contributed by atoms with van der Waals surface area (Å²) < 4.78 is 21.8. The van der Waals surface area contributed by atoms with Gasteiger partial charge in [-0.15, -0.1) is 11.8 Å². The monoisotopic (exact) mass is 525 g/mol. The van der Waals surface area contributed by atoms with E-state index in [-0.39, 0.29) is 5.56 Å². The Kier molecular flexibility index (Phi) is 7.76. The fourth-order valence-electron chi connectivity index (χ4n) is 3.95. The van der Waals surface area contributed by atoms with Crippen LogP contribution < -0.4 is 18.9 Å². The first-order valence-corrected chi connectivity index (χ1v) is 12.2. The van der Waals surface area contributed by atoms with Crippen LogP contribution >= 0.6 is 23.4 Å². The summed E-state index contributed by atoms with van der Waals surface area (Å²) in [6, 6.07) is 16.2. The molecule has 0 aliphatic carbocycles. The van der Waals surface area contributed by atoms with Crippen molar-refractivity contribution in [1.29, 1.82) is 0 Å². The number of benzene rings is 3. The molecule has 0 fully saturated rings. The highest BCUT2D eigenvalue weighted by molar-refractivity contribution is 7.98. The molecule has 0 aliphatic heterocycles. The molecular formula is C27H24ClNO6S. The van der Waals surface area contributed by atoms with Gasteiger partial charge < -0.3 is 24.1 Å². The van der Waals surface area contributed by atoms with Crippen LogP contribution in [-0.4, -0.2) is 44.5 Å². The van der Waals surface area contributed by atoms with Gasteiger partial charge in [0, 0.05) is 32.7 Å². The molecule has 1 heterocycles. The SMILES string of the molecule is COc1ccc(-c2c(C(=O)O)c(CSc3ccc(Cl)cc3)nc3cc(OC)c(OC)cc23)cc1OC. The zero-order valence-electron chi connectivity index (χ0n) is 20.1. The number of pyridine rings is 1. The van der Waals surface area contributed by atoms with Gasteiger partial charge in [-0.3, -0.25) is 4.98 Å². The van der Waals surface area contributed by atoms with Crippen LogP contribution in [0.15, 0.2) is 59.5 Å². The summed E-state index contributed by atoms with van der Waals surface area (Å²) in [5.41, 5.74) is 2.24. The standard InChI is InChI=1S/C27H24ClNO6S/c1-32-21-10-5-15(11-22(21)33-2)25-18-12-23(34-3)24(35-4)13-19(18)29-20(26(25)27(30)31)14-36-17-8-6-16(28)7-9-17/h5-13H,14H2,1-4H3,(H,30,31). The lowest BCUT2D eigenvalue weighted by Gasteiger charge is -2.18. The molecule has 0 aliphatic rings. The number of carbonyl (C=O) groups is 1. The molecule has 7 nitrogen and oxygen atoms in total. The number of hydrogen-bond donors (Lipinski definition) is 1. The molecule has 0 bridgehead atoms. The molecule has 0 unspecified atom stereocenters. The third-order valence-electron chi connectivity index (χ3n) is 5.64. The fourth-order valence-corrected chi connectivity index (χ4v) is 4.92. The Balaban J connectivity index is 1.99. The van der Waals surface area contributed by atoms with E-state index in [1.54, 1.807) is 56.7 Å². The number of rotatable bonds is 9. The summed E-state index contributed by atoms with van der Waals surface area (Å²) in [6.07, 6.45) is 0. The van der Waals surface area contributed by atoms with Crippen molar-refractivity contribution in [2.75, 3.05) is 28.4 Å². The Bertz CT molecular complexity index is 1420. The van der Waals surface area contributed by atoms with E-state index in [0.717, 1.165) is 4.90 Å². The second-order valence-corrected chi connectivity index (χ2v) is 9.14. The predicted octanol–water partition coefficient (Wildman–Crippen LogP) is 6.58. The van der Waals surface area contributed by atoms with Gasteiger partial charge >= 0.3 is 5.97 Å². The first-order chi connectivity index (χ1) is 17.4. The number of methoxy groups -OCH3 is 4. The van der Waals surface area contributed by atoms with Crippen LogP contribution in [0.1, 0.15) is 16.1 Å². The summed E-state index contributed by atoms with van der Waals surface area (Å²) in [7, 11) is 6.15. The lowest BCUT2D eigenvalue weighted by atomic mass is 9.93. The summed E-state index contributed by atoms with van der Waals surface area (Å²) >= 11 is 7.48. The van der Waals surface area contributed by atoms with E-state index in [2.05, 4.69) is 0 Å². The lowest BCUT2D eigenvalue weighted by Crippen LogP contribution is -2.08. The molecular weight excluding hydrogens is 502 g/mol. The van der Waals surface area contributed by atoms with Crippen molar-refractivity contribution in [3.05, 3.63) is 70.9 Å². The van der Waals surface area contributed by atoms with E-state index in [1.807, 2.05) is 12.1 Å². The second-order valence-electron chi connectivity index (χ2n) is 7.65.